The minimum absolute atomic E-state index is 0.0614. The van der Waals surface area contributed by atoms with Crippen molar-refractivity contribution in [2.45, 2.75) is 31.2 Å². The van der Waals surface area contributed by atoms with E-state index in [2.05, 4.69) is 10.3 Å². The van der Waals surface area contributed by atoms with Crippen LogP contribution in [0.4, 0.5) is 4.39 Å². The molecule has 1 aliphatic rings. The molecule has 1 heterocycles. The zero-order valence-corrected chi connectivity index (χ0v) is 11.5. The van der Waals surface area contributed by atoms with Gasteiger partial charge in [-0.1, -0.05) is 18.2 Å². The van der Waals surface area contributed by atoms with Gasteiger partial charge >= 0.3 is 0 Å². The van der Waals surface area contributed by atoms with Crippen molar-refractivity contribution in [2.24, 2.45) is 0 Å². The number of thiazole rings is 1. The molecule has 1 saturated carbocycles. The van der Waals surface area contributed by atoms with Crippen molar-refractivity contribution in [3.63, 3.8) is 0 Å². The second-order valence-electron chi connectivity index (χ2n) is 5.02. The van der Waals surface area contributed by atoms with Gasteiger partial charge in [0.2, 0.25) is 0 Å². The van der Waals surface area contributed by atoms with Crippen molar-refractivity contribution < 1.29 is 4.39 Å². The average Bonchev–Trinajstić information content (AvgIpc) is 2.87. The highest BCUT2D eigenvalue weighted by atomic mass is 32.1. The highest BCUT2D eigenvalue weighted by molar-refractivity contribution is 7.09. The Morgan fingerprint density at radius 3 is 2.89 bits per heavy atom. The van der Waals surface area contributed by atoms with E-state index in [4.69, 9.17) is 0 Å². The van der Waals surface area contributed by atoms with Crippen LogP contribution in [0.2, 0.25) is 0 Å². The van der Waals surface area contributed by atoms with Crippen molar-refractivity contribution in [2.75, 3.05) is 6.54 Å². The van der Waals surface area contributed by atoms with E-state index in [1.807, 2.05) is 23.7 Å². The van der Waals surface area contributed by atoms with Crippen LogP contribution in [0.3, 0.4) is 0 Å². The van der Waals surface area contributed by atoms with E-state index in [0.29, 0.717) is 12.0 Å². The molecule has 1 aliphatic carbocycles. The number of nitrogens with zero attached hydrogens (tertiary/aromatic N) is 1. The lowest BCUT2D eigenvalue weighted by Crippen LogP contribution is -2.41. The van der Waals surface area contributed by atoms with E-state index in [1.165, 1.54) is 5.01 Å². The Hall–Kier alpha value is -1.26. The van der Waals surface area contributed by atoms with Gasteiger partial charge in [-0.25, -0.2) is 9.37 Å². The number of aromatic nitrogens is 1. The lowest BCUT2D eigenvalue weighted by Gasteiger charge is -2.36. The second kappa shape index (κ2) is 5.80. The first-order chi connectivity index (χ1) is 9.33. The summed E-state index contributed by atoms with van der Waals surface area (Å²) in [5.74, 6) is 0.326. The third-order valence-electron chi connectivity index (χ3n) is 3.74. The molecule has 0 unspecified atom stereocenters. The zero-order chi connectivity index (χ0) is 13.1. The minimum Gasteiger partial charge on any atom is -0.314 e. The van der Waals surface area contributed by atoms with E-state index >= 15 is 0 Å². The van der Waals surface area contributed by atoms with Gasteiger partial charge in [-0.3, -0.25) is 0 Å². The van der Waals surface area contributed by atoms with Gasteiger partial charge in [0.05, 0.1) is 5.01 Å². The predicted octanol–water partition coefficient (Wildman–Crippen LogP) is 3.36. The maximum absolute atomic E-state index is 13.6. The molecule has 0 amide bonds. The predicted molar refractivity (Wildman–Crippen MR) is 76.0 cm³/mol. The smallest absolute Gasteiger partial charge is 0.126 e. The molecule has 19 heavy (non-hydrogen) atoms. The van der Waals surface area contributed by atoms with Gasteiger partial charge in [-0.2, -0.15) is 0 Å². The molecule has 1 aromatic heterocycles. The number of nitrogens with one attached hydrogen (secondary N) is 1. The lowest BCUT2D eigenvalue weighted by atomic mass is 9.75. The summed E-state index contributed by atoms with van der Waals surface area (Å²) in [6.07, 6.45) is 4.91. The van der Waals surface area contributed by atoms with E-state index < -0.39 is 0 Å². The second-order valence-corrected chi connectivity index (χ2v) is 6.00. The first kappa shape index (κ1) is 12.8. The Morgan fingerprint density at radius 1 is 1.32 bits per heavy atom. The van der Waals surface area contributed by atoms with Crippen molar-refractivity contribution in [1.29, 1.82) is 0 Å². The highest BCUT2D eigenvalue weighted by Crippen LogP contribution is 2.37. The van der Waals surface area contributed by atoms with Gasteiger partial charge in [0.25, 0.3) is 0 Å². The van der Waals surface area contributed by atoms with Crippen LogP contribution in [0.5, 0.6) is 0 Å². The number of halogens is 1. The van der Waals surface area contributed by atoms with Crippen LogP contribution in [0.25, 0.3) is 0 Å². The summed E-state index contributed by atoms with van der Waals surface area (Å²) < 4.78 is 13.6. The largest absolute Gasteiger partial charge is 0.314 e. The van der Waals surface area contributed by atoms with E-state index in [9.17, 15) is 4.39 Å². The number of benzene rings is 1. The normalized spacial score (nSPS) is 22.2. The average molecular weight is 276 g/mol. The Bertz CT molecular complexity index is 521. The number of hydrogen-bond donors (Lipinski definition) is 1. The third kappa shape index (κ3) is 3.01. The molecular weight excluding hydrogens is 259 g/mol. The summed E-state index contributed by atoms with van der Waals surface area (Å²) in [5, 5.41) is 6.71. The molecule has 0 radical (unpaired) electrons. The van der Waals surface area contributed by atoms with Gasteiger partial charge in [-0.05, 0) is 30.4 Å². The van der Waals surface area contributed by atoms with Crippen LogP contribution in [0, 0.1) is 5.82 Å². The molecule has 3 rings (SSSR count). The fourth-order valence-corrected chi connectivity index (χ4v) is 3.22. The van der Waals surface area contributed by atoms with Gasteiger partial charge in [-0.15, -0.1) is 11.3 Å². The molecular formula is C15H17FN2S. The van der Waals surface area contributed by atoms with Crippen molar-refractivity contribution in [3.8, 4) is 0 Å². The fourth-order valence-electron chi connectivity index (χ4n) is 2.60. The maximum atomic E-state index is 13.6. The summed E-state index contributed by atoms with van der Waals surface area (Å²) in [6.45, 7) is 0.960. The Labute approximate surface area is 116 Å². The van der Waals surface area contributed by atoms with Crippen molar-refractivity contribution in [3.05, 3.63) is 52.2 Å². The number of hydrogen-bond acceptors (Lipinski definition) is 3. The molecule has 4 heteroatoms. The van der Waals surface area contributed by atoms with E-state index in [0.717, 1.165) is 31.4 Å². The summed E-state index contributed by atoms with van der Waals surface area (Å²) in [7, 11) is 0. The van der Waals surface area contributed by atoms with Gasteiger partial charge in [0.15, 0.2) is 0 Å². The van der Waals surface area contributed by atoms with E-state index in [-0.39, 0.29) is 5.82 Å². The van der Waals surface area contributed by atoms with Crippen LogP contribution in [-0.4, -0.2) is 17.6 Å². The summed E-state index contributed by atoms with van der Waals surface area (Å²) >= 11 is 1.70. The minimum atomic E-state index is -0.0614. The Morgan fingerprint density at radius 2 is 2.16 bits per heavy atom. The molecule has 0 saturated heterocycles. The molecule has 2 nitrogen and oxygen atoms in total. The van der Waals surface area contributed by atoms with Crippen LogP contribution in [0.1, 0.15) is 29.3 Å². The molecule has 1 aromatic carbocycles. The zero-order valence-electron chi connectivity index (χ0n) is 10.7. The van der Waals surface area contributed by atoms with Gasteiger partial charge < -0.3 is 5.32 Å². The molecule has 100 valence electrons. The maximum Gasteiger partial charge on any atom is 0.126 e. The van der Waals surface area contributed by atoms with Gasteiger partial charge in [0.1, 0.15) is 5.82 Å². The number of rotatable bonds is 5. The molecule has 0 bridgehead atoms. The van der Waals surface area contributed by atoms with Crippen LogP contribution < -0.4 is 5.32 Å². The van der Waals surface area contributed by atoms with E-state index in [1.54, 1.807) is 23.5 Å². The molecule has 0 spiro atoms. The Kier molecular flexibility index (Phi) is 3.89. The molecule has 1 N–H and O–H groups in total. The fraction of sp³-hybridized carbons (Fsp3) is 0.400. The topological polar surface area (TPSA) is 24.9 Å². The SMILES string of the molecule is Fc1ccccc1C1CC(NCCc2nccs2)C1. The summed E-state index contributed by atoms with van der Waals surface area (Å²) in [4.78, 5) is 4.26. The molecule has 2 aromatic rings. The Balaban J connectivity index is 1.42. The van der Waals surface area contributed by atoms with Crippen LogP contribution >= 0.6 is 11.3 Å². The first-order valence-corrected chi connectivity index (χ1v) is 7.57. The van der Waals surface area contributed by atoms with Crippen LogP contribution in [-0.2, 0) is 6.42 Å². The lowest BCUT2D eigenvalue weighted by molar-refractivity contribution is 0.287. The van der Waals surface area contributed by atoms with Crippen molar-refractivity contribution in [1.82, 2.24) is 10.3 Å². The third-order valence-corrected chi connectivity index (χ3v) is 4.58. The standard InChI is InChI=1S/C15H17FN2S/c16-14-4-2-1-3-13(14)11-9-12(10-11)17-6-5-15-18-7-8-19-15/h1-4,7-8,11-12,17H,5-6,9-10H2. The van der Waals surface area contributed by atoms with Gasteiger partial charge in [0, 0.05) is 30.6 Å². The summed E-state index contributed by atoms with van der Waals surface area (Å²) in [6, 6.07) is 7.66. The molecule has 0 aliphatic heterocycles. The highest BCUT2D eigenvalue weighted by Gasteiger charge is 2.31. The molecule has 1 fully saturated rings. The molecule has 0 atom stereocenters. The summed E-state index contributed by atoms with van der Waals surface area (Å²) in [5.41, 5.74) is 0.875. The van der Waals surface area contributed by atoms with Crippen LogP contribution in [0.15, 0.2) is 35.8 Å². The van der Waals surface area contributed by atoms with Crippen molar-refractivity contribution >= 4 is 11.3 Å². The monoisotopic (exact) mass is 276 g/mol. The quantitative estimate of drug-likeness (QED) is 0.905. The first-order valence-electron chi connectivity index (χ1n) is 6.69.